The van der Waals surface area contributed by atoms with Gasteiger partial charge in [0.05, 0.1) is 5.56 Å². The standard InChI is InChI=1S/C15H14N2O2/c16-10-12-9-13(17)5-6-15(12)19-14-4-2-1-3-11(14)7-8-18/h1-6,9,18H,7-8,17H2. The van der Waals surface area contributed by atoms with E-state index in [2.05, 4.69) is 6.07 Å². The zero-order chi connectivity index (χ0) is 13.7. The highest BCUT2D eigenvalue weighted by Crippen LogP contribution is 2.29. The van der Waals surface area contributed by atoms with Gasteiger partial charge in [0, 0.05) is 12.3 Å². The Labute approximate surface area is 111 Å². The van der Waals surface area contributed by atoms with Gasteiger partial charge in [-0.05, 0) is 36.2 Å². The average molecular weight is 254 g/mol. The fourth-order valence-electron chi connectivity index (χ4n) is 1.77. The molecule has 0 unspecified atom stereocenters. The predicted molar refractivity (Wildman–Crippen MR) is 72.9 cm³/mol. The van der Waals surface area contributed by atoms with Crippen molar-refractivity contribution in [2.45, 2.75) is 6.42 Å². The molecule has 0 saturated heterocycles. The Morgan fingerprint density at radius 2 is 1.95 bits per heavy atom. The second-order valence-electron chi connectivity index (χ2n) is 4.05. The zero-order valence-electron chi connectivity index (χ0n) is 10.3. The molecule has 4 nitrogen and oxygen atoms in total. The lowest BCUT2D eigenvalue weighted by Gasteiger charge is -2.11. The van der Waals surface area contributed by atoms with Gasteiger partial charge in [-0.2, -0.15) is 5.26 Å². The van der Waals surface area contributed by atoms with E-state index in [1.807, 2.05) is 24.3 Å². The minimum absolute atomic E-state index is 0.0488. The summed E-state index contributed by atoms with van der Waals surface area (Å²) >= 11 is 0. The molecule has 0 radical (unpaired) electrons. The Hall–Kier alpha value is -2.51. The van der Waals surface area contributed by atoms with Crippen molar-refractivity contribution in [2.75, 3.05) is 12.3 Å². The number of aliphatic hydroxyl groups is 1. The van der Waals surface area contributed by atoms with Crippen LogP contribution in [-0.4, -0.2) is 11.7 Å². The van der Waals surface area contributed by atoms with Gasteiger partial charge in [-0.15, -0.1) is 0 Å². The Kier molecular flexibility index (Phi) is 4.01. The molecule has 0 aliphatic rings. The van der Waals surface area contributed by atoms with E-state index < -0.39 is 0 Å². The van der Waals surface area contributed by atoms with Crippen LogP contribution in [0.2, 0.25) is 0 Å². The summed E-state index contributed by atoms with van der Waals surface area (Å²) in [7, 11) is 0. The van der Waals surface area contributed by atoms with Crippen LogP contribution >= 0.6 is 0 Å². The summed E-state index contributed by atoms with van der Waals surface area (Å²) in [5, 5.41) is 18.1. The SMILES string of the molecule is N#Cc1cc(N)ccc1Oc1ccccc1CCO. The topological polar surface area (TPSA) is 79.3 Å². The van der Waals surface area contributed by atoms with Gasteiger partial charge in [0.1, 0.15) is 17.6 Å². The molecule has 4 heteroatoms. The Morgan fingerprint density at radius 1 is 1.16 bits per heavy atom. The third kappa shape index (κ3) is 3.03. The van der Waals surface area contributed by atoms with Crippen LogP contribution < -0.4 is 10.5 Å². The summed E-state index contributed by atoms with van der Waals surface area (Å²) in [6.45, 7) is 0.0488. The van der Waals surface area contributed by atoms with Crippen LogP contribution in [0.15, 0.2) is 42.5 Å². The molecular formula is C15H14N2O2. The van der Waals surface area contributed by atoms with Crippen molar-refractivity contribution in [3.05, 3.63) is 53.6 Å². The van der Waals surface area contributed by atoms with Crippen LogP contribution in [0.1, 0.15) is 11.1 Å². The summed E-state index contributed by atoms with van der Waals surface area (Å²) in [6.07, 6.45) is 0.507. The maximum absolute atomic E-state index is 9.07. The number of nitrogens with two attached hydrogens (primary N) is 1. The van der Waals surface area contributed by atoms with Crippen LogP contribution in [0.25, 0.3) is 0 Å². The maximum atomic E-state index is 9.07. The van der Waals surface area contributed by atoms with Gasteiger partial charge in [-0.3, -0.25) is 0 Å². The largest absolute Gasteiger partial charge is 0.456 e. The van der Waals surface area contributed by atoms with Gasteiger partial charge >= 0.3 is 0 Å². The van der Waals surface area contributed by atoms with Crippen molar-refractivity contribution in [1.29, 1.82) is 5.26 Å². The van der Waals surface area contributed by atoms with E-state index in [4.69, 9.17) is 20.8 Å². The van der Waals surface area contributed by atoms with Gasteiger partial charge in [0.25, 0.3) is 0 Å². The van der Waals surface area contributed by atoms with E-state index in [9.17, 15) is 0 Å². The molecule has 0 aliphatic heterocycles. The highest BCUT2D eigenvalue weighted by Gasteiger charge is 2.08. The number of nitriles is 1. The van der Waals surface area contributed by atoms with Crippen molar-refractivity contribution in [2.24, 2.45) is 0 Å². The first-order chi connectivity index (χ1) is 9.24. The van der Waals surface area contributed by atoms with E-state index in [1.165, 1.54) is 0 Å². The maximum Gasteiger partial charge on any atom is 0.145 e. The lowest BCUT2D eigenvalue weighted by atomic mass is 10.1. The number of benzene rings is 2. The first-order valence-electron chi connectivity index (χ1n) is 5.91. The minimum Gasteiger partial charge on any atom is -0.456 e. The molecule has 0 bridgehead atoms. The van der Waals surface area contributed by atoms with E-state index in [0.717, 1.165) is 5.56 Å². The second kappa shape index (κ2) is 5.89. The van der Waals surface area contributed by atoms with Gasteiger partial charge in [0.15, 0.2) is 0 Å². The third-order valence-electron chi connectivity index (χ3n) is 2.70. The van der Waals surface area contributed by atoms with Crippen LogP contribution in [0.4, 0.5) is 5.69 Å². The summed E-state index contributed by atoms with van der Waals surface area (Å²) in [6, 6.07) is 14.4. The molecule has 0 atom stereocenters. The van der Waals surface area contributed by atoms with E-state index in [0.29, 0.717) is 29.2 Å². The van der Waals surface area contributed by atoms with E-state index in [1.54, 1.807) is 18.2 Å². The molecule has 2 aromatic carbocycles. The molecule has 2 rings (SSSR count). The molecular weight excluding hydrogens is 240 g/mol. The van der Waals surface area contributed by atoms with Gasteiger partial charge in [-0.25, -0.2) is 0 Å². The quantitative estimate of drug-likeness (QED) is 0.821. The monoisotopic (exact) mass is 254 g/mol. The Balaban J connectivity index is 2.34. The van der Waals surface area contributed by atoms with Crippen LogP contribution in [0.3, 0.4) is 0 Å². The minimum atomic E-state index is 0.0488. The number of rotatable bonds is 4. The predicted octanol–water partition coefficient (Wildman–Crippen LogP) is 2.47. The van der Waals surface area contributed by atoms with Crippen molar-refractivity contribution in [3.63, 3.8) is 0 Å². The first-order valence-corrected chi connectivity index (χ1v) is 5.91. The fraction of sp³-hybridized carbons (Fsp3) is 0.133. The van der Waals surface area contributed by atoms with Crippen molar-refractivity contribution in [3.8, 4) is 17.6 Å². The molecule has 96 valence electrons. The molecule has 2 aromatic rings. The molecule has 19 heavy (non-hydrogen) atoms. The summed E-state index contributed by atoms with van der Waals surface area (Å²) in [5.41, 5.74) is 7.44. The van der Waals surface area contributed by atoms with E-state index in [-0.39, 0.29) is 6.61 Å². The number of para-hydroxylation sites is 1. The Bertz CT molecular complexity index is 618. The zero-order valence-corrected chi connectivity index (χ0v) is 10.3. The molecule has 3 N–H and O–H groups in total. The van der Waals surface area contributed by atoms with Crippen molar-refractivity contribution < 1.29 is 9.84 Å². The highest BCUT2D eigenvalue weighted by molar-refractivity contribution is 5.54. The van der Waals surface area contributed by atoms with Crippen molar-refractivity contribution >= 4 is 5.69 Å². The smallest absolute Gasteiger partial charge is 0.145 e. The number of nitrogen functional groups attached to an aromatic ring is 1. The molecule has 0 aliphatic carbocycles. The molecule has 0 aromatic heterocycles. The molecule has 0 spiro atoms. The third-order valence-corrected chi connectivity index (χ3v) is 2.70. The molecule has 0 fully saturated rings. The van der Waals surface area contributed by atoms with Crippen LogP contribution in [0, 0.1) is 11.3 Å². The van der Waals surface area contributed by atoms with Gasteiger partial charge < -0.3 is 15.6 Å². The highest BCUT2D eigenvalue weighted by atomic mass is 16.5. The lowest BCUT2D eigenvalue weighted by molar-refractivity contribution is 0.298. The van der Waals surface area contributed by atoms with Gasteiger partial charge in [0.2, 0.25) is 0 Å². The number of hydrogen-bond acceptors (Lipinski definition) is 4. The van der Waals surface area contributed by atoms with Gasteiger partial charge in [-0.1, -0.05) is 18.2 Å². The summed E-state index contributed by atoms with van der Waals surface area (Å²) in [4.78, 5) is 0. The summed E-state index contributed by atoms with van der Waals surface area (Å²) < 4.78 is 5.75. The second-order valence-corrected chi connectivity index (χ2v) is 4.05. The number of anilines is 1. The Morgan fingerprint density at radius 3 is 2.68 bits per heavy atom. The van der Waals surface area contributed by atoms with Crippen LogP contribution in [-0.2, 0) is 6.42 Å². The first kappa shape index (κ1) is 12.9. The van der Waals surface area contributed by atoms with E-state index >= 15 is 0 Å². The number of nitrogens with zero attached hydrogens (tertiary/aromatic N) is 1. The number of hydrogen-bond donors (Lipinski definition) is 2. The molecule has 0 amide bonds. The average Bonchev–Trinajstić information content (AvgIpc) is 2.43. The van der Waals surface area contributed by atoms with Crippen molar-refractivity contribution in [1.82, 2.24) is 0 Å². The molecule has 0 saturated carbocycles. The number of ether oxygens (including phenoxy) is 1. The number of aliphatic hydroxyl groups excluding tert-OH is 1. The summed E-state index contributed by atoms with van der Waals surface area (Å²) in [5.74, 6) is 1.10. The fourth-order valence-corrected chi connectivity index (χ4v) is 1.77. The molecule has 0 heterocycles. The normalized spacial score (nSPS) is 9.89. The lowest BCUT2D eigenvalue weighted by Crippen LogP contribution is -1.97. The van der Waals surface area contributed by atoms with Crippen LogP contribution in [0.5, 0.6) is 11.5 Å².